The van der Waals surface area contributed by atoms with Crippen LogP contribution >= 0.6 is 23.4 Å². The van der Waals surface area contributed by atoms with Crippen molar-refractivity contribution in [2.24, 2.45) is 7.05 Å². The van der Waals surface area contributed by atoms with Crippen molar-refractivity contribution in [1.29, 1.82) is 0 Å². The van der Waals surface area contributed by atoms with Gasteiger partial charge in [0.25, 0.3) is 11.5 Å². The second-order valence-corrected chi connectivity index (χ2v) is 8.60. The van der Waals surface area contributed by atoms with E-state index in [9.17, 15) is 14.4 Å². The fourth-order valence-corrected chi connectivity index (χ4v) is 4.14. The molecule has 0 radical (unpaired) electrons. The number of halogens is 1. The van der Waals surface area contributed by atoms with Gasteiger partial charge in [0.15, 0.2) is 6.61 Å². The third-order valence-corrected chi connectivity index (χ3v) is 6.02. The van der Waals surface area contributed by atoms with Gasteiger partial charge in [-0.1, -0.05) is 35.5 Å². The molecule has 2 aromatic carbocycles. The van der Waals surface area contributed by atoms with E-state index in [1.807, 2.05) is 24.3 Å². The molecule has 0 saturated heterocycles. The van der Waals surface area contributed by atoms with Crippen molar-refractivity contribution in [2.75, 3.05) is 11.9 Å². The van der Waals surface area contributed by atoms with E-state index in [-0.39, 0.29) is 22.4 Å². The molecule has 1 amide bonds. The number of esters is 1. The zero-order valence-corrected chi connectivity index (χ0v) is 19.2. The Morgan fingerprint density at radius 1 is 1.18 bits per heavy atom. The van der Waals surface area contributed by atoms with Gasteiger partial charge in [0, 0.05) is 21.9 Å². The summed E-state index contributed by atoms with van der Waals surface area (Å²) in [6.45, 7) is 0.994. The van der Waals surface area contributed by atoms with Gasteiger partial charge < -0.3 is 19.0 Å². The number of benzene rings is 2. The molecule has 0 fully saturated rings. The number of aryl methyl sites for hydroxylation is 2. The first-order valence-corrected chi connectivity index (χ1v) is 11.0. The van der Waals surface area contributed by atoms with Gasteiger partial charge in [0.1, 0.15) is 23.0 Å². The van der Waals surface area contributed by atoms with E-state index in [1.165, 1.54) is 36.6 Å². The molecule has 4 rings (SSSR count). The maximum absolute atomic E-state index is 12.6. The number of carbonyl (C=O) groups is 2. The summed E-state index contributed by atoms with van der Waals surface area (Å²) in [5, 5.41) is 3.41. The van der Waals surface area contributed by atoms with Crippen LogP contribution in [0.3, 0.4) is 0 Å². The van der Waals surface area contributed by atoms with Gasteiger partial charge in [-0.05, 0) is 43.3 Å². The minimum absolute atomic E-state index is 0.0209. The third kappa shape index (κ3) is 4.94. The molecule has 168 valence electrons. The summed E-state index contributed by atoms with van der Waals surface area (Å²) >= 11 is 7.39. The summed E-state index contributed by atoms with van der Waals surface area (Å²) in [5.74, 6) is -1.17. The summed E-state index contributed by atoms with van der Waals surface area (Å²) in [6, 6.07) is 14.6. The van der Waals surface area contributed by atoms with Gasteiger partial charge in [-0.25, -0.2) is 9.78 Å². The highest BCUT2D eigenvalue weighted by Crippen LogP contribution is 2.33. The van der Waals surface area contributed by atoms with Crippen molar-refractivity contribution >= 4 is 52.0 Å². The van der Waals surface area contributed by atoms with Crippen LogP contribution in [0.4, 0.5) is 5.69 Å². The van der Waals surface area contributed by atoms with Crippen LogP contribution in [-0.2, 0) is 16.6 Å². The number of amides is 1. The zero-order valence-electron chi connectivity index (χ0n) is 17.6. The average molecular weight is 484 g/mol. The standard InChI is InChI=1S/C23H18ClN3O5S/c1-13-19(20-21(32-13)25-12-27(2)22(20)29)23(30)31-11-18(28)26-16-5-3-4-6-17(16)33-15-9-7-14(24)8-10-15/h3-10,12H,11H2,1-2H3,(H,26,28). The molecule has 0 bridgehead atoms. The Morgan fingerprint density at radius 2 is 1.91 bits per heavy atom. The Morgan fingerprint density at radius 3 is 2.67 bits per heavy atom. The lowest BCUT2D eigenvalue weighted by Gasteiger charge is -2.11. The predicted molar refractivity (Wildman–Crippen MR) is 125 cm³/mol. The molecule has 0 unspecified atom stereocenters. The van der Waals surface area contributed by atoms with Crippen LogP contribution in [-0.4, -0.2) is 28.0 Å². The van der Waals surface area contributed by atoms with Crippen LogP contribution in [0.5, 0.6) is 0 Å². The van der Waals surface area contributed by atoms with E-state index in [4.69, 9.17) is 20.8 Å². The molecule has 10 heteroatoms. The fraction of sp³-hybridized carbons (Fsp3) is 0.130. The lowest BCUT2D eigenvalue weighted by Crippen LogP contribution is -2.23. The second kappa shape index (κ2) is 9.51. The van der Waals surface area contributed by atoms with Crippen LogP contribution in [0.1, 0.15) is 16.1 Å². The number of hydrogen-bond donors (Lipinski definition) is 1. The summed E-state index contributed by atoms with van der Waals surface area (Å²) in [6.07, 6.45) is 1.30. The molecule has 4 aromatic rings. The molecule has 0 aliphatic rings. The fourth-order valence-electron chi connectivity index (χ4n) is 3.11. The van der Waals surface area contributed by atoms with E-state index in [0.29, 0.717) is 10.7 Å². The molecule has 0 spiro atoms. The number of aromatic nitrogens is 2. The SMILES string of the molecule is Cc1oc2ncn(C)c(=O)c2c1C(=O)OCC(=O)Nc1ccccc1Sc1ccc(Cl)cc1. The largest absolute Gasteiger partial charge is 0.452 e. The number of nitrogens with one attached hydrogen (secondary N) is 1. The maximum Gasteiger partial charge on any atom is 0.343 e. The van der Waals surface area contributed by atoms with Crippen LogP contribution in [0.15, 0.2) is 73.9 Å². The Bertz CT molecular complexity index is 1410. The first-order valence-electron chi connectivity index (χ1n) is 9.77. The van der Waals surface area contributed by atoms with Crippen LogP contribution in [0.2, 0.25) is 5.02 Å². The number of hydrogen-bond acceptors (Lipinski definition) is 7. The molecular weight excluding hydrogens is 466 g/mol. The molecule has 33 heavy (non-hydrogen) atoms. The maximum atomic E-state index is 12.6. The Labute approximate surface area is 197 Å². The molecule has 0 aliphatic carbocycles. The highest BCUT2D eigenvalue weighted by Gasteiger charge is 2.24. The highest BCUT2D eigenvalue weighted by atomic mass is 35.5. The number of furan rings is 1. The van der Waals surface area contributed by atoms with E-state index in [1.54, 1.807) is 24.3 Å². The van der Waals surface area contributed by atoms with Crippen molar-refractivity contribution in [3.8, 4) is 0 Å². The summed E-state index contributed by atoms with van der Waals surface area (Å²) < 4.78 is 11.8. The predicted octanol–water partition coefficient (Wildman–Crippen LogP) is 4.44. The van der Waals surface area contributed by atoms with Gasteiger partial charge in [-0.15, -0.1) is 0 Å². The van der Waals surface area contributed by atoms with Gasteiger partial charge in [-0.2, -0.15) is 0 Å². The first kappa shape index (κ1) is 22.6. The number of rotatable bonds is 6. The van der Waals surface area contributed by atoms with E-state index in [0.717, 1.165) is 9.79 Å². The summed E-state index contributed by atoms with van der Waals surface area (Å²) in [4.78, 5) is 43.3. The van der Waals surface area contributed by atoms with Crippen LogP contribution in [0.25, 0.3) is 11.1 Å². The van der Waals surface area contributed by atoms with Crippen LogP contribution < -0.4 is 10.9 Å². The molecule has 0 atom stereocenters. The Kier molecular flexibility index (Phi) is 6.52. The molecule has 0 saturated carbocycles. The minimum Gasteiger partial charge on any atom is -0.452 e. The normalized spacial score (nSPS) is 10.9. The first-order chi connectivity index (χ1) is 15.8. The average Bonchev–Trinajstić information content (AvgIpc) is 3.14. The molecule has 8 nitrogen and oxygen atoms in total. The van der Waals surface area contributed by atoms with Crippen molar-refractivity contribution in [3.05, 3.63) is 81.6 Å². The lowest BCUT2D eigenvalue weighted by molar-refractivity contribution is -0.119. The van der Waals surface area contributed by atoms with Crippen molar-refractivity contribution in [1.82, 2.24) is 9.55 Å². The second-order valence-electron chi connectivity index (χ2n) is 7.05. The number of nitrogens with zero attached hydrogens (tertiary/aromatic N) is 2. The number of para-hydroxylation sites is 1. The van der Waals surface area contributed by atoms with Gasteiger partial charge in [0.2, 0.25) is 5.71 Å². The molecule has 1 N–H and O–H groups in total. The monoisotopic (exact) mass is 483 g/mol. The summed E-state index contributed by atoms with van der Waals surface area (Å²) in [5.41, 5.74) is 0.133. The van der Waals surface area contributed by atoms with Crippen molar-refractivity contribution < 1.29 is 18.7 Å². The van der Waals surface area contributed by atoms with Crippen LogP contribution in [0, 0.1) is 6.92 Å². The number of fused-ring (bicyclic) bond motifs is 1. The Hall–Kier alpha value is -3.56. The lowest BCUT2D eigenvalue weighted by atomic mass is 10.2. The molecule has 0 aliphatic heterocycles. The minimum atomic E-state index is -0.838. The topological polar surface area (TPSA) is 103 Å². The molecule has 2 aromatic heterocycles. The molecule has 2 heterocycles. The Balaban J connectivity index is 1.46. The van der Waals surface area contributed by atoms with E-state index in [2.05, 4.69) is 10.3 Å². The number of ether oxygens (including phenoxy) is 1. The quantitative estimate of drug-likeness (QED) is 0.404. The third-order valence-electron chi connectivity index (χ3n) is 4.69. The number of carbonyl (C=O) groups excluding carboxylic acids is 2. The van der Waals surface area contributed by atoms with E-state index < -0.39 is 24.0 Å². The smallest absolute Gasteiger partial charge is 0.343 e. The van der Waals surface area contributed by atoms with Crippen molar-refractivity contribution in [2.45, 2.75) is 16.7 Å². The van der Waals surface area contributed by atoms with Gasteiger partial charge in [-0.3, -0.25) is 9.59 Å². The van der Waals surface area contributed by atoms with Gasteiger partial charge in [0.05, 0.1) is 5.69 Å². The highest BCUT2D eigenvalue weighted by molar-refractivity contribution is 7.99. The molecular formula is C23H18ClN3O5S. The van der Waals surface area contributed by atoms with E-state index >= 15 is 0 Å². The summed E-state index contributed by atoms with van der Waals surface area (Å²) in [7, 11) is 1.51. The zero-order chi connectivity index (χ0) is 23.5. The van der Waals surface area contributed by atoms with Crippen molar-refractivity contribution in [3.63, 3.8) is 0 Å². The van der Waals surface area contributed by atoms with Gasteiger partial charge >= 0.3 is 5.97 Å². The number of anilines is 1.